The maximum Gasteiger partial charge on any atom is 0.200 e. The number of morpholine rings is 1. The van der Waals surface area contributed by atoms with Crippen molar-refractivity contribution in [2.45, 2.75) is 46.7 Å². The van der Waals surface area contributed by atoms with E-state index in [0.717, 1.165) is 30.9 Å². The van der Waals surface area contributed by atoms with E-state index in [1.54, 1.807) is 12.1 Å². The third-order valence-electron chi connectivity index (χ3n) is 5.34. The quantitative estimate of drug-likeness (QED) is 0.724. The molecule has 2 aromatic rings. The molecule has 6 heteroatoms. The standard InChI is InChI=1S/C22H32N2O4/c1-15(2)24(16(3)4)10-13-27-20-7-6-18-19(25)14-21(28-22(18)17(20)5)23-8-11-26-12-9-23/h6-7,14-16H,8-13H2,1-5H3. The number of aryl methyl sites for hydroxylation is 1. The van der Waals surface area contributed by atoms with E-state index in [4.69, 9.17) is 13.9 Å². The lowest BCUT2D eigenvalue weighted by molar-refractivity contribution is 0.121. The summed E-state index contributed by atoms with van der Waals surface area (Å²) in [6.45, 7) is 14.9. The highest BCUT2D eigenvalue weighted by Gasteiger charge is 2.18. The number of anilines is 1. The Labute approximate surface area is 167 Å². The van der Waals surface area contributed by atoms with Crippen LogP contribution in [0.3, 0.4) is 0 Å². The number of benzene rings is 1. The van der Waals surface area contributed by atoms with Gasteiger partial charge in [-0.1, -0.05) is 0 Å². The fraction of sp³-hybridized carbons (Fsp3) is 0.591. The first-order valence-electron chi connectivity index (χ1n) is 10.2. The van der Waals surface area contributed by atoms with Crippen LogP contribution in [0.2, 0.25) is 0 Å². The summed E-state index contributed by atoms with van der Waals surface area (Å²) in [5, 5.41) is 0.591. The second-order valence-corrected chi connectivity index (χ2v) is 7.89. The summed E-state index contributed by atoms with van der Waals surface area (Å²) in [5.41, 5.74) is 1.45. The minimum Gasteiger partial charge on any atom is -0.492 e. The first-order valence-corrected chi connectivity index (χ1v) is 10.2. The van der Waals surface area contributed by atoms with E-state index in [1.165, 1.54) is 0 Å². The molecule has 1 fully saturated rings. The molecule has 0 N–H and O–H groups in total. The Morgan fingerprint density at radius 3 is 2.46 bits per heavy atom. The molecule has 1 aliphatic heterocycles. The zero-order valence-corrected chi connectivity index (χ0v) is 17.7. The number of rotatable bonds is 7. The Morgan fingerprint density at radius 2 is 1.82 bits per heavy atom. The van der Waals surface area contributed by atoms with Crippen LogP contribution in [-0.4, -0.2) is 56.4 Å². The molecule has 28 heavy (non-hydrogen) atoms. The second-order valence-electron chi connectivity index (χ2n) is 7.89. The van der Waals surface area contributed by atoms with Crippen LogP contribution in [0.5, 0.6) is 5.75 Å². The number of fused-ring (bicyclic) bond motifs is 1. The highest BCUT2D eigenvalue weighted by atomic mass is 16.5. The van der Waals surface area contributed by atoms with Crippen molar-refractivity contribution in [1.29, 1.82) is 0 Å². The van der Waals surface area contributed by atoms with Crippen molar-refractivity contribution in [3.8, 4) is 5.75 Å². The van der Waals surface area contributed by atoms with Crippen LogP contribution in [0.1, 0.15) is 33.3 Å². The number of hydrogen-bond acceptors (Lipinski definition) is 6. The van der Waals surface area contributed by atoms with Crippen molar-refractivity contribution in [3.05, 3.63) is 34.0 Å². The molecule has 1 aromatic heterocycles. The predicted molar refractivity (Wildman–Crippen MR) is 113 cm³/mol. The van der Waals surface area contributed by atoms with Gasteiger partial charge in [0.15, 0.2) is 11.3 Å². The fourth-order valence-corrected chi connectivity index (χ4v) is 3.79. The van der Waals surface area contributed by atoms with Crippen molar-refractivity contribution in [2.75, 3.05) is 44.4 Å². The molecule has 0 aliphatic carbocycles. The topological polar surface area (TPSA) is 55.2 Å². The van der Waals surface area contributed by atoms with Gasteiger partial charge in [0.25, 0.3) is 0 Å². The summed E-state index contributed by atoms with van der Waals surface area (Å²) in [5.74, 6) is 1.37. The van der Waals surface area contributed by atoms with Gasteiger partial charge >= 0.3 is 0 Å². The van der Waals surface area contributed by atoms with Gasteiger partial charge in [-0.05, 0) is 46.8 Å². The molecule has 0 saturated carbocycles. The molecule has 1 aliphatic rings. The van der Waals surface area contributed by atoms with E-state index < -0.39 is 0 Å². The Morgan fingerprint density at radius 1 is 1.14 bits per heavy atom. The zero-order valence-electron chi connectivity index (χ0n) is 17.7. The monoisotopic (exact) mass is 388 g/mol. The molecule has 0 spiro atoms. The highest BCUT2D eigenvalue weighted by molar-refractivity contribution is 5.82. The van der Waals surface area contributed by atoms with Gasteiger partial charge in [0, 0.05) is 43.3 Å². The molecule has 3 rings (SSSR count). The van der Waals surface area contributed by atoms with E-state index in [1.807, 2.05) is 13.0 Å². The molecule has 0 radical (unpaired) electrons. The SMILES string of the molecule is Cc1c(OCCN(C(C)C)C(C)C)ccc2c(=O)cc(N3CCOCC3)oc12. The lowest BCUT2D eigenvalue weighted by atomic mass is 10.1. The van der Waals surface area contributed by atoms with Crippen LogP contribution >= 0.6 is 0 Å². The minimum absolute atomic E-state index is 0.0248. The summed E-state index contributed by atoms with van der Waals surface area (Å²) in [7, 11) is 0. The van der Waals surface area contributed by atoms with Gasteiger partial charge in [-0.15, -0.1) is 0 Å². The van der Waals surface area contributed by atoms with Crippen molar-refractivity contribution in [2.24, 2.45) is 0 Å². The summed E-state index contributed by atoms with van der Waals surface area (Å²) in [4.78, 5) is 17.0. The van der Waals surface area contributed by atoms with E-state index in [9.17, 15) is 4.79 Å². The number of ether oxygens (including phenoxy) is 2. The van der Waals surface area contributed by atoms with Crippen molar-refractivity contribution in [3.63, 3.8) is 0 Å². The van der Waals surface area contributed by atoms with Crippen LogP contribution in [0, 0.1) is 6.92 Å². The van der Waals surface area contributed by atoms with Gasteiger partial charge < -0.3 is 18.8 Å². The average molecular weight is 389 g/mol. The molecular formula is C22H32N2O4. The summed E-state index contributed by atoms with van der Waals surface area (Å²) >= 11 is 0. The molecule has 2 heterocycles. The maximum absolute atomic E-state index is 12.6. The highest BCUT2D eigenvalue weighted by Crippen LogP contribution is 2.29. The number of nitrogens with zero attached hydrogens (tertiary/aromatic N) is 2. The van der Waals surface area contributed by atoms with Gasteiger partial charge in [0.1, 0.15) is 17.9 Å². The predicted octanol–water partition coefficient (Wildman–Crippen LogP) is 3.44. The van der Waals surface area contributed by atoms with E-state index in [-0.39, 0.29) is 5.43 Å². The normalized spacial score (nSPS) is 15.2. The van der Waals surface area contributed by atoms with Crippen molar-refractivity contribution < 1.29 is 13.9 Å². The number of hydrogen-bond donors (Lipinski definition) is 0. The molecule has 0 atom stereocenters. The molecule has 0 amide bonds. The van der Waals surface area contributed by atoms with E-state index >= 15 is 0 Å². The third kappa shape index (κ3) is 4.50. The minimum atomic E-state index is -0.0248. The molecule has 0 bridgehead atoms. The van der Waals surface area contributed by atoms with Crippen LogP contribution in [0.25, 0.3) is 11.0 Å². The Hall–Kier alpha value is -2.05. The Kier molecular flexibility index (Phi) is 6.62. The van der Waals surface area contributed by atoms with Crippen LogP contribution in [0.4, 0.5) is 5.88 Å². The van der Waals surface area contributed by atoms with Gasteiger partial charge in [-0.3, -0.25) is 9.69 Å². The van der Waals surface area contributed by atoms with Gasteiger partial charge in [0.2, 0.25) is 0 Å². The zero-order chi connectivity index (χ0) is 20.3. The molecule has 154 valence electrons. The lowest BCUT2D eigenvalue weighted by Gasteiger charge is -2.30. The van der Waals surface area contributed by atoms with Gasteiger partial charge in [-0.25, -0.2) is 0 Å². The Balaban J connectivity index is 1.82. The van der Waals surface area contributed by atoms with E-state index in [0.29, 0.717) is 48.8 Å². The van der Waals surface area contributed by atoms with Crippen molar-refractivity contribution in [1.82, 2.24) is 4.90 Å². The van der Waals surface area contributed by atoms with Gasteiger partial charge in [-0.2, -0.15) is 0 Å². The Bertz CT molecular complexity index is 845. The van der Waals surface area contributed by atoms with Crippen molar-refractivity contribution >= 4 is 16.9 Å². The molecular weight excluding hydrogens is 356 g/mol. The van der Waals surface area contributed by atoms with E-state index in [2.05, 4.69) is 37.5 Å². The smallest absolute Gasteiger partial charge is 0.200 e. The third-order valence-corrected chi connectivity index (χ3v) is 5.34. The summed E-state index contributed by atoms with van der Waals surface area (Å²) < 4.78 is 17.6. The second kappa shape index (κ2) is 8.97. The molecule has 0 unspecified atom stereocenters. The first kappa shape index (κ1) is 20.7. The lowest BCUT2D eigenvalue weighted by Crippen LogP contribution is -2.39. The molecule has 6 nitrogen and oxygen atoms in total. The maximum atomic E-state index is 12.6. The van der Waals surface area contributed by atoms with Crippen LogP contribution in [-0.2, 0) is 4.74 Å². The summed E-state index contributed by atoms with van der Waals surface area (Å²) in [6, 6.07) is 6.19. The summed E-state index contributed by atoms with van der Waals surface area (Å²) in [6.07, 6.45) is 0. The largest absolute Gasteiger partial charge is 0.492 e. The fourth-order valence-electron chi connectivity index (χ4n) is 3.79. The molecule has 1 saturated heterocycles. The first-order chi connectivity index (χ1) is 13.4. The van der Waals surface area contributed by atoms with Crippen LogP contribution < -0.4 is 15.1 Å². The average Bonchev–Trinajstić information content (AvgIpc) is 2.67. The molecule has 1 aromatic carbocycles. The van der Waals surface area contributed by atoms with Crippen LogP contribution in [0.15, 0.2) is 27.4 Å². The van der Waals surface area contributed by atoms with Gasteiger partial charge in [0.05, 0.1) is 18.6 Å².